The number of rotatable bonds is 7. The monoisotopic (exact) mass is 512 g/mol. The molecule has 3 nitrogen and oxygen atoms in total. The summed E-state index contributed by atoms with van der Waals surface area (Å²) in [5, 5.41) is 0. The van der Waals surface area contributed by atoms with Gasteiger partial charge in [-0.3, -0.25) is 9.59 Å². The fourth-order valence-electron chi connectivity index (χ4n) is 9.27. The molecule has 5 fully saturated rings. The fourth-order valence-corrected chi connectivity index (χ4v) is 9.27. The van der Waals surface area contributed by atoms with E-state index in [0.29, 0.717) is 53.4 Å². The summed E-state index contributed by atoms with van der Waals surface area (Å²) >= 11 is 0. The summed E-state index contributed by atoms with van der Waals surface area (Å²) in [7, 11) is 0. The molecule has 0 aromatic carbocycles. The van der Waals surface area contributed by atoms with Gasteiger partial charge in [-0.15, -0.1) is 0 Å². The molecule has 0 saturated heterocycles. The van der Waals surface area contributed by atoms with E-state index in [1.165, 1.54) is 70.6 Å². The molecule has 0 heterocycles. The second kappa shape index (κ2) is 13.1. The molecule has 0 bridgehead atoms. The summed E-state index contributed by atoms with van der Waals surface area (Å²) < 4.78 is 6.48. The van der Waals surface area contributed by atoms with E-state index < -0.39 is 0 Å². The van der Waals surface area contributed by atoms with Crippen molar-refractivity contribution in [3.8, 4) is 0 Å². The minimum atomic E-state index is 0.274. The predicted octanol–water partition coefficient (Wildman–Crippen LogP) is 8.72. The zero-order chi connectivity index (χ0) is 25.8. The van der Waals surface area contributed by atoms with Gasteiger partial charge in [0.05, 0.1) is 12.2 Å². The van der Waals surface area contributed by atoms with Gasteiger partial charge in [0.15, 0.2) is 0 Å². The summed E-state index contributed by atoms with van der Waals surface area (Å²) in [5.74, 6) is 5.16. The largest absolute Gasteiger partial charge is 0.375 e. The van der Waals surface area contributed by atoms with Crippen LogP contribution in [0.2, 0.25) is 0 Å². The molecule has 3 atom stereocenters. The van der Waals surface area contributed by atoms with Crippen molar-refractivity contribution in [3.05, 3.63) is 0 Å². The van der Waals surface area contributed by atoms with Crippen molar-refractivity contribution in [3.63, 3.8) is 0 Å². The zero-order valence-corrected chi connectivity index (χ0v) is 24.1. The van der Waals surface area contributed by atoms with Crippen LogP contribution in [-0.2, 0) is 14.3 Å². The van der Waals surface area contributed by atoms with Crippen LogP contribution in [-0.4, -0.2) is 23.8 Å². The van der Waals surface area contributed by atoms with Crippen molar-refractivity contribution in [1.29, 1.82) is 0 Å². The van der Waals surface area contributed by atoms with Gasteiger partial charge in [-0.25, -0.2) is 0 Å². The van der Waals surface area contributed by atoms with Crippen LogP contribution in [0.15, 0.2) is 0 Å². The van der Waals surface area contributed by atoms with Crippen molar-refractivity contribution in [1.82, 2.24) is 0 Å². The SMILES string of the molecule is CC1CCC(C(=O)C2CCC(C3CCC(C)CC3C(=O)C3CCC(OC4CCCCC4)CC3)CC2)CC1. The Labute approximate surface area is 227 Å². The van der Waals surface area contributed by atoms with E-state index in [-0.39, 0.29) is 11.8 Å². The van der Waals surface area contributed by atoms with E-state index in [9.17, 15) is 9.59 Å². The summed E-state index contributed by atoms with van der Waals surface area (Å²) in [4.78, 5) is 27.2. The average Bonchev–Trinajstić information content (AvgIpc) is 2.94. The van der Waals surface area contributed by atoms with Gasteiger partial charge in [0, 0.05) is 23.7 Å². The summed E-state index contributed by atoms with van der Waals surface area (Å²) in [5.41, 5.74) is 0. The lowest BCUT2D eigenvalue weighted by Crippen LogP contribution is -2.41. The van der Waals surface area contributed by atoms with Crippen LogP contribution in [0.3, 0.4) is 0 Å². The number of carbonyl (C=O) groups excluding carboxylic acids is 2. The Balaban J connectivity index is 1.12. The Bertz CT molecular complexity index is 730. The third-order valence-corrected chi connectivity index (χ3v) is 11.7. The van der Waals surface area contributed by atoms with Gasteiger partial charge in [-0.1, -0.05) is 52.4 Å². The summed E-state index contributed by atoms with van der Waals surface area (Å²) in [6.45, 7) is 4.71. The number of ether oxygens (including phenoxy) is 1. The molecule has 37 heavy (non-hydrogen) atoms. The van der Waals surface area contributed by atoms with Gasteiger partial charge in [-0.2, -0.15) is 0 Å². The predicted molar refractivity (Wildman–Crippen MR) is 150 cm³/mol. The standard InChI is InChI=1S/C34H56O3/c1-23-8-11-26(12-9-23)33(35)27-15-13-25(14-16-27)31-21-10-24(2)22-32(31)34(36)28-17-19-30(20-18-28)37-29-6-4-3-5-7-29/h23-32H,3-22H2,1-2H3. The summed E-state index contributed by atoms with van der Waals surface area (Å²) in [6.07, 6.45) is 24.6. The Morgan fingerprint density at radius 1 is 0.514 bits per heavy atom. The first-order chi connectivity index (χ1) is 18.0. The lowest BCUT2D eigenvalue weighted by atomic mass is 9.61. The van der Waals surface area contributed by atoms with Crippen LogP contribution in [0.4, 0.5) is 0 Å². The minimum absolute atomic E-state index is 0.274. The van der Waals surface area contributed by atoms with Gasteiger partial charge in [-0.05, 0) is 114 Å². The van der Waals surface area contributed by atoms with E-state index in [0.717, 1.165) is 63.7 Å². The number of hydrogen-bond donors (Lipinski definition) is 0. The normalized spacial score (nSPS) is 42.3. The number of ketones is 2. The first-order valence-corrected chi connectivity index (χ1v) is 16.7. The molecule has 0 aromatic rings. The molecule has 5 rings (SSSR count). The molecule has 3 heteroatoms. The topological polar surface area (TPSA) is 43.4 Å². The summed E-state index contributed by atoms with van der Waals surface area (Å²) in [6, 6.07) is 0. The van der Waals surface area contributed by atoms with Crippen LogP contribution in [0.25, 0.3) is 0 Å². The van der Waals surface area contributed by atoms with E-state index in [1.807, 2.05) is 0 Å². The van der Waals surface area contributed by atoms with E-state index in [1.54, 1.807) is 0 Å². The highest BCUT2D eigenvalue weighted by Gasteiger charge is 2.43. The number of Topliss-reactive ketones (excluding diaryl/α,β-unsaturated/α-hetero) is 2. The molecule has 5 saturated carbocycles. The van der Waals surface area contributed by atoms with Crippen molar-refractivity contribution in [2.45, 2.75) is 154 Å². The third kappa shape index (κ3) is 7.09. The Kier molecular flexibility index (Phi) is 9.86. The van der Waals surface area contributed by atoms with Crippen molar-refractivity contribution < 1.29 is 14.3 Å². The number of hydrogen-bond acceptors (Lipinski definition) is 3. The van der Waals surface area contributed by atoms with Gasteiger partial charge >= 0.3 is 0 Å². The molecule has 0 aromatic heterocycles. The van der Waals surface area contributed by atoms with Crippen LogP contribution in [0, 0.1) is 47.3 Å². The second-order valence-corrected chi connectivity index (χ2v) is 14.4. The highest BCUT2D eigenvalue weighted by molar-refractivity contribution is 5.84. The molecule has 0 radical (unpaired) electrons. The maximum Gasteiger partial charge on any atom is 0.139 e. The molecule has 3 unspecified atom stereocenters. The Morgan fingerprint density at radius 3 is 1.68 bits per heavy atom. The fraction of sp³-hybridized carbons (Fsp3) is 0.941. The maximum absolute atomic E-state index is 14.0. The molecular formula is C34H56O3. The van der Waals surface area contributed by atoms with Crippen molar-refractivity contribution in [2.75, 3.05) is 0 Å². The lowest BCUT2D eigenvalue weighted by Gasteiger charge is -2.43. The molecule has 5 aliphatic carbocycles. The van der Waals surface area contributed by atoms with Gasteiger partial charge in [0.2, 0.25) is 0 Å². The van der Waals surface area contributed by atoms with Crippen LogP contribution in [0.1, 0.15) is 142 Å². The maximum atomic E-state index is 14.0. The van der Waals surface area contributed by atoms with Gasteiger partial charge in [0.25, 0.3) is 0 Å². The highest BCUT2D eigenvalue weighted by atomic mass is 16.5. The molecule has 0 aliphatic heterocycles. The molecule has 5 aliphatic rings. The zero-order valence-electron chi connectivity index (χ0n) is 24.1. The highest BCUT2D eigenvalue weighted by Crippen LogP contribution is 2.47. The van der Waals surface area contributed by atoms with Crippen molar-refractivity contribution >= 4 is 11.6 Å². The number of carbonyl (C=O) groups is 2. The van der Waals surface area contributed by atoms with Gasteiger partial charge in [0.1, 0.15) is 11.6 Å². The van der Waals surface area contributed by atoms with Crippen molar-refractivity contribution in [2.24, 2.45) is 47.3 Å². The average molecular weight is 513 g/mol. The smallest absolute Gasteiger partial charge is 0.139 e. The molecular weight excluding hydrogens is 456 g/mol. The lowest BCUT2D eigenvalue weighted by molar-refractivity contribution is -0.135. The van der Waals surface area contributed by atoms with Crippen LogP contribution < -0.4 is 0 Å². The quantitative estimate of drug-likeness (QED) is 0.342. The third-order valence-electron chi connectivity index (χ3n) is 11.7. The Morgan fingerprint density at radius 2 is 1.03 bits per heavy atom. The van der Waals surface area contributed by atoms with Crippen LogP contribution in [0.5, 0.6) is 0 Å². The minimum Gasteiger partial charge on any atom is -0.375 e. The molecule has 0 amide bonds. The first-order valence-electron chi connectivity index (χ1n) is 16.7. The Hall–Kier alpha value is -0.700. The molecule has 0 N–H and O–H groups in total. The van der Waals surface area contributed by atoms with Crippen LogP contribution >= 0.6 is 0 Å². The van der Waals surface area contributed by atoms with E-state index >= 15 is 0 Å². The van der Waals surface area contributed by atoms with Gasteiger partial charge < -0.3 is 4.74 Å². The molecule has 0 spiro atoms. The van der Waals surface area contributed by atoms with E-state index in [4.69, 9.17) is 4.74 Å². The van der Waals surface area contributed by atoms with E-state index in [2.05, 4.69) is 13.8 Å². The second-order valence-electron chi connectivity index (χ2n) is 14.4. The molecule has 210 valence electrons. The first kappa shape index (κ1) is 27.9.